The summed E-state index contributed by atoms with van der Waals surface area (Å²) in [5.74, 6) is 1.17. The molecule has 0 atom stereocenters. The van der Waals surface area contributed by atoms with Gasteiger partial charge in [-0.1, -0.05) is 42.5 Å². The molecule has 0 aliphatic rings. The van der Waals surface area contributed by atoms with Crippen molar-refractivity contribution in [2.24, 2.45) is 0 Å². The third kappa shape index (κ3) is 1.46. The number of nitrogens with one attached hydrogen (secondary N) is 1. The van der Waals surface area contributed by atoms with E-state index in [0.717, 1.165) is 11.1 Å². The van der Waals surface area contributed by atoms with Crippen LogP contribution in [-0.4, -0.2) is 19.6 Å². The molecule has 2 aromatic heterocycles. The van der Waals surface area contributed by atoms with Crippen LogP contribution in [-0.2, 0) is 0 Å². The third-order valence-electron chi connectivity index (χ3n) is 3.31. The average Bonchev–Trinajstić information content (AvgIpc) is 2.92. The van der Waals surface area contributed by atoms with E-state index < -0.39 is 0 Å². The fourth-order valence-corrected chi connectivity index (χ4v) is 2.40. The number of aromatic amines is 1. The number of hydrogen-bond acceptors (Lipinski definition) is 3. The van der Waals surface area contributed by atoms with Crippen LogP contribution >= 0.6 is 0 Å². The standard InChI is InChI=1S/C15H10N4O/c20-14-11-8-4-5-9-12(11)19-13(17-18-15(19)16-14)10-6-2-1-3-7-10/h1-9H,(H,16,18,20). The Balaban J connectivity index is 2.20. The van der Waals surface area contributed by atoms with Gasteiger partial charge in [0.25, 0.3) is 5.56 Å². The molecule has 0 saturated carbocycles. The molecule has 2 aromatic carbocycles. The first kappa shape index (κ1) is 10.9. The molecule has 0 aliphatic carbocycles. The molecule has 20 heavy (non-hydrogen) atoms. The molecule has 0 fully saturated rings. The van der Waals surface area contributed by atoms with Crippen molar-refractivity contribution in [1.82, 2.24) is 19.6 Å². The van der Waals surface area contributed by atoms with E-state index in [1.54, 1.807) is 6.07 Å². The number of para-hydroxylation sites is 1. The van der Waals surface area contributed by atoms with Gasteiger partial charge >= 0.3 is 0 Å². The van der Waals surface area contributed by atoms with E-state index in [4.69, 9.17) is 0 Å². The Kier molecular flexibility index (Phi) is 2.20. The van der Waals surface area contributed by atoms with Gasteiger partial charge in [-0.05, 0) is 12.1 Å². The van der Waals surface area contributed by atoms with Crippen molar-refractivity contribution in [2.75, 3.05) is 0 Å². The second-order valence-corrected chi connectivity index (χ2v) is 4.52. The Morgan fingerprint density at radius 2 is 1.65 bits per heavy atom. The number of aromatic nitrogens is 4. The first-order valence-electron chi connectivity index (χ1n) is 6.26. The van der Waals surface area contributed by atoms with Crippen molar-refractivity contribution < 1.29 is 0 Å². The molecule has 96 valence electrons. The van der Waals surface area contributed by atoms with Gasteiger partial charge in [-0.25, -0.2) is 0 Å². The quantitative estimate of drug-likeness (QED) is 0.572. The largest absolute Gasteiger partial charge is 0.290 e. The molecule has 0 radical (unpaired) electrons. The molecule has 0 aliphatic heterocycles. The number of H-pyrrole nitrogens is 1. The maximum absolute atomic E-state index is 12.0. The number of benzene rings is 2. The molecule has 0 unspecified atom stereocenters. The second-order valence-electron chi connectivity index (χ2n) is 4.52. The topological polar surface area (TPSA) is 63.0 Å². The highest BCUT2D eigenvalue weighted by Crippen LogP contribution is 2.20. The van der Waals surface area contributed by atoms with E-state index in [0.29, 0.717) is 17.0 Å². The summed E-state index contributed by atoms with van der Waals surface area (Å²) in [7, 11) is 0. The van der Waals surface area contributed by atoms with Crippen LogP contribution in [0.4, 0.5) is 0 Å². The summed E-state index contributed by atoms with van der Waals surface area (Å²) < 4.78 is 1.87. The molecular weight excluding hydrogens is 252 g/mol. The maximum Gasteiger partial charge on any atom is 0.260 e. The highest BCUT2D eigenvalue weighted by molar-refractivity contribution is 5.81. The van der Waals surface area contributed by atoms with Gasteiger partial charge in [0.05, 0.1) is 10.9 Å². The van der Waals surface area contributed by atoms with Crippen molar-refractivity contribution in [2.45, 2.75) is 0 Å². The first-order valence-corrected chi connectivity index (χ1v) is 6.26. The maximum atomic E-state index is 12.0. The first-order chi connectivity index (χ1) is 9.84. The summed E-state index contributed by atoms with van der Waals surface area (Å²) in [5.41, 5.74) is 1.60. The van der Waals surface area contributed by atoms with Crippen molar-refractivity contribution in [3.8, 4) is 11.4 Å². The molecular formula is C15H10N4O. The van der Waals surface area contributed by atoms with Crippen LogP contribution in [0.25, 0.3) is 28.1 Å². The smallest absolute Gasteiger partial charge is 0.260 e. The average molecular weight is 262 g/mol. The van der Waals surface area contributed by atoms with Gasteiger partial charge in [0.2, 0.25) is 5.78 Å². The molecule has 5 nitrogen and oxygen atoms in total. The summed E-state index contributed by atoms with van der Waals surface area (Å²) in [6, 6.07) is 17.2. The predicted octanol–water partition coefficient (Wildman–Crippen LogP) is 2.24. The normalized spacial score (nSPS) is 11.2. The summed E-state index contributed by atoms with van der Waals surface area (Å²) in [5, 5.41) is 8.89. The van der Waals surface area contributed by atoms with E-state index >= 15 is 0 Å². The molecule has 0 bridgehead atoms. The Hall–Kier alpha value is -2.95. The number of fused-ring (bicyclic) bond motifs is 3. The summed E-state index contributed by atoms with van der Waals surface area (Å²) >= 11 is 0. The third-order valence-corrected chi connectivity index (χ3v) is 3.31. The fraction of sp³-hybridized carbons (Fsp3) is 0. The van der Waals surface area contributed by atoms with Crippen LogP contribution < -0.4 is 5.56 Å². The van der Waals surface area contributed by atoms with E-state index in [1.165, 1.54) is 0 Å². The second kappa shape index (κ2) is 4.03. The van der Waals surface area contributed by atoms with Gasteiger partial charge in [-0.15, -0.1) is 10.2 Å². The van der Waals surface area contributed by atoms with Crippen LogP contribution in [0.5, 0.6) is 0 Å². The zero-order chi connectivity index (χ0) is 13.5. The minimum absolute atomic E-state index is 0.153. The molecule has 4 aromatic rings. The molecule has 0 spiro atoms. The van der Waals surface area contributed by atoms with Crippen LogP contribution in [0, 0.1) is 0 Å². The summed E-state index contributed by atoms with van der Waals surface area (Å²) in [6.07, 6.45) is 0. The fourth-order valence-electron chi connectivity index (χ4n) is 2.40. The van der Waals surface area contributed by atoms with E-state index in [2.05, 4.69) is 15.2 Å². The lowest BCUT2D eigenvalue weighted by Gasteiger charge is -2.04. The lowest BCUT2D eigenvalue weighted by molar-refractivity contribution is 1.09. The van der Waals surface area contributed by atoms with Gasteiger partial charge in [0, 0.05) is 5.56 Å². The molecule has 2 heterocycles. The minimum Gasteiger partial charge on any atom is -0.290 e. The molecule has 5 heteroatoms. The van der Waals surface area contributed by atoms with Crippen molar-refractivity contribution in [1.29, 1.82) is 0 Å². The lowest BCUT2D eigenvalue weighted by Crippen LogP contribution is -2.10. The summed E-state index contributed by atoms with van der Waals surface area (Å²) in [4.78, 5) is 14.8. The highest BCUT2D eigenvalue weighted by Gasteiger charge is 2.12. The van der Waals surface area contributed by atoms with E-state index in [-0.39, 0.29) is 5.56 Å². The molecule has 0 amide bonds. The van der Waals surface area contributed by atoms with Crippen molar-refractivity contribution in [3.63, 3.8) is 0 Å². The Bertz CT molecular complexity index is 969. The Morgan fingerprint density at radius 1 is 0.900 bits per heavy atom. The zero-order valence-corrected chi connectivity index (χ0v) is 10.4. The van der Waals surface area contributed by atoms with Crippen LogP contribution in [0.15, 0.2) is 59.4 Å². The van der Waals surface area contributed by atoms with Crippen LogP contribution in [0.2, 0.25) is 0 Å². The van der Waals surface area contributed by atoms with Gasteiger partial charge in [-0.3, -0.25) is 14.2 Å². The minimum atomic E-state index is -0.153. The molecule has 4 rings (SSSR count). The van der Waals surface area contributed by atoms with E-state index in [1.807, 2.05) is 52.9 Å². The number of nitrogens with zero attached hydrogens (tertiary/aromatic N) is 3. The van der Waals surface area contributed by atoms with Crippen LogP contribution in [0.3, 0.4) is 0 Å². The number of hydrogen-bond donors (Lipinski definition) is 1. The summed E-state index contributed by atoms with van der Waals surface area (Å²) in [6.45, 7) is 0. The van der Waals surface area contributed by atoms with Crippen molar-refractivity contribution in [3.05, 3.63) is 65.0 Å². The highest BCUT2D eigenvalue weighted by atomic mass is 16.1. The lowest BCUT2D eigenvalue weighted by atomic mass is 10.2. The van der Waals surface area contributed by atoms with E-state index in [9.17, 15) is 4.79 Å². The zero-order valence-electron chi connectivity index (χ0n) is 10.4. The van der Waals surface area contributed by atoms with Crippen LogP contribution in [0.1, 0.15) is 0 Å². The molecule has 0 saturated heterocycles. The van der Waals surface area contributed by atoms with Gasteiger partial charge < -0.3 is 0 Å². The van der Waals surface area contributed by atoms with Gasteiger partial charge in [0.1, 0.15) is 0 Å². The predicted molar refractivity (Wildman–Crippen MR) is 76.5 cm³/mol. The van der Waals surface area contributed by atoms with Gasteiger partial charge in [0.15, 0.2) is 5.82 Å². The number of rotatable bonds is 1. The monoisotopic (exact) mass is 262 g/mol. The SMILES string of the molecule is O=c1[nH]c2nnc(-c3ccccc3)n2c2ccccc12. The Morgan fingerprint density at radius 3 is 2.50 bits per heavy atom. The van der Waals surface area contributed by atoms with Crippen molar-refractivity contribution >= 4 is 16.7 Å². The molecule has 1 N–H and O–H groups in total. The Labute approximate surface area is 113 Å². The van der Waals surface area contributed by atoms with Gasteiger partial charge in [-0.2, -0.15) is 0 Å².